The number of amides is 1. The summed E-state index contributed by atoms with van der Waals surface area (Å²) < 4.78 is 5.15. The van der Waals surface area contributed by atoms with Crippen molar-refractivity contribution in [2.45, 2.75) is 39.0 Å². The monoisotopic (exact) mass is 229 g/mol. The maximum Gasteiger partial charge on any atom is 0.409 e. The van der Waals surface area contributed by atoms with Gasteiger partial charge in [-0.15, -0.1) is 0 Å². The molecule has 0 bridgehead atoms. The molecule has 1 N–H and O–H groups in total. The number of carbonyl (C=O) groups excluding carboxylic acids is 1. The van der Waals surface area contributed by atoms with Gasteiger partial charge in [0.15, 0.2) is 0 Å². The van der Waals surface area contributed by atoms with Crippen molar-refractivity contribution in [1.29, 1.82) is 0 Å². The molecule has 1 amide bonds. The van der Waals surface area contributed by atoms with Crippen molar-refractivity contribution in [3.05, 3.63) is 0 Å². The molecule has 1 rings (SSSR count). The van der Waals surface area contributed by atoms with Gasteiger partial charge in [0.05, 0.1) is 6.61 Å². The Kier molecular flexibility index (Phi) is 6.23. The maximum absolute atomic E-state index is 11.6. The zero-order chi connectivity index (χ0) is 11.8. The number of likely N-dealkylation sites (tertiary alicyclic amines) is 1. The molecule has 4 heteroatoms. The first-order chi connectivity index (χ1) is 7.77. The fourth-order valence-corrected chi connectivity index (χ4v) is 1.98. The van der Waals surface area contributed by atoms with E-state index in [0.717, 1.165) is 45.2 Å². The molecule has 0 aromatic heterocycles. The van der Waals surface area contributed by atoms with Crippen LogP contribution in [0.2, 0.25) is 0 Å². The summed E-state index contributed by atoms with van der Waals surface area (Å²) in [6.45, 7) is 4.41. The van der Waals surface area contributed by atoms with Crippen molar-refractivity contribution in [2.75, 3.05) is 26.3 Å². The van der Waals surface area contributed by atoms with Crippen LogP contribution < -0.4 is 0 Å². The molecule has 1 fully saturated rings. The summed E-state index contributed by atoms with van der Waals surface area (Å²) in [5.41, 5.74) is 0. The molecule has 0 spiro atoms. The molecule has 0 atom stereocenters. The summed E-state index contributed by atoms with van der Waals surface area (Å²) in [5, 5.41) is 8.83. The van der Waals surface area contributed by atoms with Crippen LogP contribution >= 0.6 is 0 Å². The quantitative estimate of drug-likeness (QED) is 0.734. The van der Waals surface area contributed by atoms with Crippen LogP contribution in [0.3, 0.4) is 0 Å². The Balaban J connectivity index is 2.17. The van der Waals surface area contributed by atoms with E-state index in [9.17, 15) is 4.79 Å². The number of nitrogens with zero attached hydrogens (tertiary/aromatic N) is 1. The average molecular weight is 229 g/mol. The van der Waals surface area contributed by atoms with Gasteiger partial charge in [0.2, 0.25) is 0 Å². The van der Waals surface area contributed by atoms with E-state index >= 15 is 0 Å². The topological polar surface area (TPSA) is 49.8 Å². The Labute approximate surface area is 97.6 Å². The van der Waals surface area contributed by atoms with E-state index in [1.807, 2.05) is 0 Å². The summed E-state index contributed by atoms with van der Waals surface area (Å²) in [5.74, 6) is 0.574. The van der Waals surface area contributed by atoms with Gasteiger partial charge in [-0.05, 0) is 31.6 Å². The van der Waals surface area contributed by atoms with Gasteiger partial charge in [-0.25, -0.2) is 4.79 Å². The predicted octanol–water partition coefficient (Wildman–Crippen LogP) is 2.02. The number of piperidine rings is 1. The molecule has 0 aliphatic carbocycles. The second kappa shape index (κ2) is 7.49. The third-order valence-corrected chi connectivity index (χ3v) is 3.13. The molecule has 94 valence electrons. The average Bonchev–Trinajstić information content (AvgIpc) is 2.30. The Morgan fingerprint density at radius 1 is 1.44 bits per heavy atom. The summed E-state index contributed by atoms with van der Waals surface area (Å²) >= 11 is 0. The summed E-state index contributed by atoms with van der Waals surface area (Å²) in [6, 6.07) is 0. The summed E-state index contributed by atoms with van der Waals surface area (Å²) in [4.78, 5) is 13.4. The lowest BCUT2D eigenvalue weighted by atomic mass is 9.94. The smallest absolute Gasteiger partial charge is 0.409 e. The number of unbranched alkanes of at least 4 members (excludes halogenated alkanes) is 1. The zero-order valence-electron chi connectivity index (χ0n) is 10.2. The van der Waals surface area contributed by atoms with Crippen molar-refractivity contribution in [3.8, 4) is 0 Å². The van der Waals surface area contributed by atoms with Gasteiger partial charge in [0.1, 0.15) is 0 Å². The second-order valence-electron chi connectivity index (χ2n) is 4.41. The first-order valence-corrected chi connectivity index (χ1v) is 6.30. The maximum atomic E-state index is 11.6. The van der Waals surface area contributed by atoms with Gasteiger partial charge in [0.25, 0.3) is 0 Å². The van der Waals surface area contributed by atoms with Crippen molar-refractivity contribution in [2.24, 2.45) is 5.92 Å². The molecule has 0 saturated carbocycles. The molecular weight excluding hydrogens is 206 g/mol. The molecule has 1 heterocycles. The number of carbonyl (C=O) groups is 1. The molecule has 1 saturated heterocycles. The highest BCUT2D eigenvalue weighted by molar-refractivity contribution is 5.67. The minimum atomic E-state index is -0.170. The third kappa shape index (κ3) is 4.39. The lowest BCUT2D eigenvalue weighted by Crippen LogP contribution is -2.39. The highest BCUT2D eigenvalue weighted by Gasteiger charge is 2.22. The normalized spacial score (nSPS) is 17.5. The van der Waals surface area contributed by atoms with Crippen LogP contribution in [0, 0.1) is 5.92 Å². The fourth-order valence-electron chi connectivity index (χ4n) is 1.98. The molecule has 1 aliphatic rings. The van der Waals surface area contributed by atoms with Gasteiger partial charge >= 0.3 is 6.09 Å². The molecule has 1 aliphatic heterocycles. The lowest BCUT2D eigenvalue weighted by molar-refractivity contribution is 0.0837. The number of aliphatic hydroxyl groups is 1. The fraction of sp³-hybridized carbons (Fsp3) is 0.917. The summed E-state index contributed by atoms with van der Waals surface area (Å²) in [7, 11) is 0. The number of rotatable bonds is 5. The Morgan fingerprint density at radius 2 is 2.12 bits per heavy atom. The van der Waals surface area contributed by atoms with E-state index in [-0.39, 0.29) is 12.7 Å². The predicted molar refractivity (Wildman–Crippen MR) is 62.3 cm³/mol. The molecule has 0 unspecified atom stereocenters. The Bertz CT molecular complexity index is 200. The minimum Gasteiger partial charge on any atom is -0.449 e. The van der Waals surface area contributed by atoms with Crippen LogP contribution in [0.4, 0.5) is 4.79 Å². The number of hydrogen-bond acceptors (Lipinski definition) is 3. The van der Waals surface area contributed by atoms with Crippen LogP contribution in [0.5, 0.6) is 0 Å². The van der Waals surface area contributed by atoms with Crippen LogP contribution in [-0.2, 0) is 4.74 Å². The van der Waals surface area contributed by atoms with Crippen molar-refractivity contribution < 1.29 is 14.6 Å². The van der Waals surface area contributed by atoms with Gasteiger partial charge in [0, 0.05) is 19.7 Å². The highest BCUT2D eigenvalue weighted by atomic mass is 16.6. The molecule has 16 heavy (non-hydrogen) atoms. The first kappa shape index (κ1) is 13.3. The van der Waals surface area contributed by atoms with Gasteiger partial charge in [-0.1, -0.05) is 13.3 Å². The van der Waals surface area contributed by atoms with E-state index in [4.69, 9.17) is 9.84 Å². The third-order valence-electron chi connectivity index (χ3n) is 3.13. The van der Waals surface area contributed by atoms with Crippen molar-refractivity contribution in [1.82, 2.24) is 4.90 Å². The van der Waals surface area contributed by atoms with E-state index in [2.05, 4.69) is 6.92 Å². The highest BCUT2D eigenvalue weighted by Crippen LogP contribution is 2.20. The molecule has 4 nitrogen and oxygen atoms in total. The molecular formula is C12H23NO3. The van der Waals surface area contributed by atoms with Crippen LogP contribution in [0.1, 0.15) is 39.0 Å². The van der Waals surface area contributed by atoms with E-state index in [1.165, 1.54) is 0 Å². The lowest BCUT2D eigenvalue weighted by Gasteiger charge is -2.30. The van der Waals surface area contributed by atoms with Crippen LogP contribution in [0.15, 0.2) is 0 Å². The molecule has 0 aromatic rings. The van der Waals surface area contributed by atoms with Gasteiger partial charge in [-0.3, -0.25) is 0 Å². The number of hydrogen-bond donors (Lipinski definition) is 1. The molecule has 0 radical (unpaired) electrons. The number of ether oxygens (including phenoxy) is 1. The SMILES string of the molecule is CCCCOC(=O)N1CCC(CCO)CC1. The Morgan fingerprint density at radius 3 is 2.69 bits per heavy atom. The van der Waals surface area contributed by atoms with Crippen LogP contribution in [-0.4, -0.2) is 42.4 Å². The minimum absolute atomic E-state index is 0.170. The van der Waals surface area contributed by atoms with E-state index in [0.29, 0.717) is 12.5 Å². The van der Waals surface area contributed by atoms with Gasteiger partial charge < -0.3 is 14.7 Å². The van der Waals surface area contributed by atoms with E-state index in [1.54, 1.807) is 4.90 Å². The zero-order valence-corrected chi connectivity index (χ0v) is 10.2. The Hall–Kier alpha value is -0.770. The van der Waals surface area contributed by atoms with Crippen molar-refractivity contribution in [3.63, 3.8) is 0 Å². The largest absolute Gasteiger partial charge is 0.449 e. The summed E-state index contributed by atoms with van der Waals surface area (Å²) in [6.07, 6.45) is 4.65. The number of aliphatic hydroxyl groups excluding tert-OH is 1. The molecule has 0 aromatic carbocycles. The standard InChI is InChI=1S/C12H23NO3/c1-2-3-10-16-12(15)13-7-4-11(5-8-13)6-9-14/h11,14H,2-10H2,1H3. The second-order valence-corrected chi connectivity index (χ2v) is 4.41. The van der Waals surface area contributed by atoms with Gasteiger partial charge in [-0.2, -0.15) is 0 Å². The van der Waals surface area contributed by atoms with E-state index < -0.39 is 0 Å². The van der Waals surface area contributed by atoms with Crippen LogP contribution in [0.25, 0.3) is 0 Å². The first-order valence-electron chi connectivity index (χ1n) is 6.30. The van der Waals surface area contributed by atoms with Crippen molar-refractivity contribution >= 4 is 6.09 Å².